The van der Waals surface area contributed by atoms with E-state index in [1.807, 2.05) is 50.2 Å². The van der Waals surface area contributed by atoms with Crippen LogP contribution in [0.4, 0.5) is 5.82 Å². The third-order valence-electron chi connectivity index (χ3n) is 3.05. The molecule has 1 aromatic carbocycles. The monoisotopic (exact) mass is 343 g/mol. The first-order valence-electron chi connectivity index (χ1n) is 6.47. The van der Waals surface area contributed by atoms with Crippen LogP contribution in [0.1, 0.15) is 11.5 Å². The van der Waals surface area contributed by atoms with E-state index in [-0.39, 0.29) is 0 Å². The summed E-state index contributed by atoms with van der Waals surface area (Å²) in [5.74, 6) is 1.93. The molecule has 0 atom stereocenters. The fourth-order valence-corrected chi connectivity index (χ4v) is 2.41. The minimum atomic E-state index is 0.547. The minimum absolute atomic E-state index is 0.547. The highest BCUT2D eigenvalue weighted by molar-refractivity contribution is 9.10. The van der Waals surface area contributed by atoms with Crippen molar-refractivity contribution in [2.45, 2.75) is 13.8 Å². The molecule has 0 radical (unpaired) electrons. The molecule has 0 amide bonds. The fourth-order valence-electron chi connectivity index (χ4n) is 2.15. The molecule has 2 N–H and O–H groups in total. The third-order valence-corrected chi connectivity index (χ3v) is 3.58. The highest BCUT2D eigenvalue weighted by atomic mass is 79.9. The van der Waals surface area contributed by atoms with Gasteiger partial charge in [-0.25, -0.2) is 9.97 Å². The number of aryl methyl sites for hydroxylation is 2. The van der Waals surface area contributed by atoms with Gasteiger partial charge in [0.1, 0.15) is 11.6 Å². The summed E-state index contributed by atoms with van der Waals surface area (Å²) in [5.41, 5.74) is 8.78. The maximum absolute atomic E-state index is 6.07. The van der Waals surface area contributed by atoms with E-state index in [4.69, 9.17) is 5.73 Å². The number of nitrogens with two attached hydrogens (primary N) is 1. The Morgan fingerprint density at radius 3 is 2.43 bits per heavy atom. The van der Waals surface area contributed by atoms with Gasteiger partial charge in [-0.1, -0.05) is 28.1 Å². The molecule has 0 bridgehead atoms. The largest absolute Gasteiger partial charge is 0.384 e. The number of aromatic nitrogens is 4. The number of hydrogen-bond acceptors (Lipinski definition) is 4. The van der Waals surface area contributed by atoms with Crippen LogP contribution in [-0.4, -0.2) is 19.7 Å². The Balaban J connectivity index is 2.07. The molecule has 3 rings (SSSR count). The lowest BCUT2D eigenvalue weighted by Gasteiger charge is -2.04. The van der Waals surface area contributed by atoms with Gasteiger partial charge >= 0.3 is 0 Å². The predicted octanol–water partition coefficient (Wildman–Crippen LogP) is 3.29. The van der Waals surface area contributed by atoms with E-state index in [0.29, 0.717) is 17.5 Å². The van der Waals surface area contributed by atoms with Crippen molar-refractivity contribution >= 4 is 21.7 Å². The molecule has 0 fully saturated rings. The molecule has 21 heavy (non-hydrogen) atoms. The fraction of sp³-hybridized carbons (Fsp3) is 0.133. The number of benzene rings is 1. The van der Waals surface area contributed by atoms with Crippen LogP contribution in [0.3, 0.4) is 0 Å². The zero-order valence-electron chi connectivity index (χ0n) is 11.7. The van der Waals surface area contributed by atoms with Crippen molar-refractivity contribution in [1.29, 1.82) is 0 Å². The smallest absolute Gasteiger partial charge is 0.159 e. The number of hydrogen-bond donors (Lipinski definition) is 1. The Hall–Kier alpha value is -2.21. The van der Waals surface area contributed by atoms with Crippen LogP contribution in [0.15, 0.2) is 40.9 Å². The Morgan fingerprint density at radius 1 is 1.05 bits per heavy atom. The molecule has 0 unspecified atom stereocenters. The first-order chi connectivity index (χ1) is 10.0. The van der Waals surface area contributed by atoms with Gasteiger partial charge in [0.05, 0.1) is 5.69 Å². The first kappa shape index (κ1) is 13.8. The number of halogens is 1. The van der Waals surface area contributed by atoms with Crippen molar-refractivity contribution in [3.05, 3.63) is 52.4 Å². The first-order valence-corrected chi connectivity index (χ1v) is 7.26. The van der Waals surface area contributed by atoms with Crippen LogP contribution < -0.4 is 5.73 Å². The number of anilines is 1. The van der Waals surface area contributed by atoms with Gasteiger partial charge in [0.25, 0.3) is 0 Å². The Kier molecular flexibility index (Phi) is 3.47. The van der Waals surface area contributed by atoms with Crippen LogP contribution in [0, 0.1) is 13.8 Å². The second kappa shape index (κ2) is 5.29. The zero-order chi connectivity index (χ0) is 15.0. The molecule has 0 spiro atoms. The molecule has 0 saturated carbocycles. The van der Waals surface area contributed by atoms with Gasteiger partial charge in [-0.15, -0.1) is 0 Å². The van der Waals surface area contributed by atoms with Crippen molar-refractivity contribution in [2.75, 3.05) is 5.73 Å². The second-order valence-corrected chi connectivity index (χ2v) is 5.70. The average Bonchev–Trinajstić information content (AvgIpc) is 2.80. The van der Waals surface area contributed by atoms with Gasteiger partial charge in [-0.3, -0.25) is 0 Å². The molecular weight excluding hydrogens is 330 g/mol. The van der Waals surface area contributed by atoms with Crippen LogP contribution in [0.25, 0.3) is 17.1 Å². The molecule has 0 aliphatic rings. The van der Waals surface area contributed by atoms with Gasteiger partial charge in [-0.05, 0) is 26.0 Å². The molecule has 106 valence electrons. The lowest BCUT2D eigenvalue weighted by molar-refractivity contribution is 0.833. The van der Waals surface area contributed by atoms with Crippen LogP contribution in [-0.2, 0) is 0 Å². The maximum atomic E-state index is 6.07. The summed E-state index contributed by atoms with van der Waals surface area (Å²) in [6, 6.07) is 11.6. The lowest BCUT2D eigenvalue weighted by Crippen LogP contribution is -2.06. The number of nitrogens with zero attached hydrogens (tertiary/aromatic N) is 4. The van der Waals surface area contributed by atoms with Crippen LogP contribution in [0.5, 0.6) is 0 Å². The van der Waals surface area contributed by atoms with Gasteiger partial charge in [0.2, 0.25) is 0 Å². The third kappa shape index (κ3) is 2.80. The summed E-state index contributed by atoms with van der Waals surface area (Å²) in [6.45, 7) is 3.78. The molecule has 0 saturated heterocycles. The van der Waals surface area contributed by atoms with E-state index in [1.54, 1.807) is 4.68 Å². The Bertz CT molecular complexity index is 772. The standard InChI is InChI=1S/C15H14BrN5/c1-9-7-15(19-10(2)18-9)21-14(17)8-13(20-21)11-3-5-12(16)6-4-11/h3-8H,17H2,1-2H3. The molecule has 2 heterocycles. The van der Waals surface area contributed by atoms with Gasteiger partial charge in [0.15, 0.2) is 5.82 Å². The van der Waals surface area contributed by atoms with Crippen molar-refractivity contribution < 1.29 is 0 Å². The quantitative estimate of drug-likeness (QED) is 0.774. The second-order valence-electron chi connectivity index (χ2n) is 4.79. The summed E-state index contributed by atoms with van der Waals surface area (Å²) in [4.78, 5) is 8.65. The Labute approximate surface area is 131 Å². The van der Waals surface area contributed by atoms with E-state index < -0.39 is 0 Å². The number of nitrogen functional groups attached to an aromatic ring is 1. The zero-order valence-corrected chi connectivity index (χ0v) is 13.3. The molecule has 0 aliphatic heterocycles. The average molecular weight is 344 g/mol. The van der Waals surface area contributed by atoms with E-state index in [9.17, 15) is 0 Å². The minimum Gasteiger partial charge on any atom is -0.384 e. The van der Waals surface area contributed by atoms with Crippen LogP contribution in [0.2, 0.25) is 0 Å². The molecule has 6 heteroatoms. The lowest BCUT2D eigenvalue weighted by atomic mass is 10.2. The highest BCUT2D eigenvalue weighted by Crippen LogP contribution is 2.24. The molecular formula is C15H14BrN5. The van der Waals surface area contributed by atoms with Crippen molar-refractivity contribution in [2.24, 2.45) is 0 Å². The van der Waals surface area contributed by atoms with Gasteiger partial charge < -0.3 is 5.73 Å². The predicted molar refractivity (Wildman–Crippen MR) is 86.2 cm³/mol. The van der Waals surface area contributed by atoms with Crippen molar-refractivity contribution in [1.82, 2.24) is 19.7 Å². The topological polar surface area (TPSA) is 69.6 Å². The van der Waals surface area contributed by atoms with Crippen molar-refractivity contribution in [3.63, 3.8) is 0 Å². The summed E-state index contributed by atoms with van der Waals surface area (Å²) in [5, 5.41) is 4.55. The summed E-state index contributed by atoms with van der Waals surface area (Å²) in [6.07, 6.45) is 0. The van der Waals surface area contributed by atoms with E-state index >= 15 is 0 Å². The molecule has 3 aromatic rings. The SMILES string of the molecule is Cc1cc(-n2nc(-c3ccc(Br)cc3)cc2N)nc(C)n1. The van der Waals surface area contributed by atoms with Gasteiger partial charge in [-0.2, -0.15) is 9.78 Å². The Morgan fingerprint density at radius 2 is 1.76 bits per heavy atom. The van der Waals surface area contributed by atoms with E-state index in [1.165, 1.54) is 0 Å². The molecule has 0 aliphatic carbocycles. The normalized spacial score (nSPS) is 10.8. The highest BCUT2D eigenvalue weighted by Gasteiger charge is 2.11. The maximum Gasteiger partial charge on any atom is 0.159 e. The molecule has 2 aromatic heterocycles. The summed E-state index contributed by atoms with van der Waals surface area (Å²) >= 11 is 3.42. The summed E-state index contributed by atoms with van der Waals surface area (Å²) < 4.78 is 2.67. The van der Waals surface area contributed by atoms with E-state index in [0.717, 1.165) is 21.4 Å². The molecule has 5 nitrogen and oxygen atoms in total. The van der Waals surface area contributed by atoms with Crippen LogP contribution >= 0.6 is 15.9 Å². The van der Waals surface area contributed by atoms with E-state index in [2.05, 4.69) is 31.0 Å². The van der Waals surface area contributed by atoms with Crippen molar-refractivity contribution in [3.8, 4) is 17.1 Å². The van der Waals surface area contributed by atoms with Gasteiger partial charge in [0, 0.05) is 27.9 Å². The number of rotatable bonds is 2. The summed E-state index contributed by atoms with van der Waals surface area (Å²) in [7, 11) is 0.